The number of thiocarbonyl (C=S) groups is 1. The fourth-order valence-electron chi connectivity index (χ4n) is 1.33. The van der Waals surface area contributed by atoms with Crippen LogP contribution in [0.15, 0.2) is 12.1 Å². The van der Waals surface area contributed by atoms with Crippen molar-refractivity contribution in [2.45, 2.75) is 0 Å². The summed E-state index contributed by atoms with van der Waals surface area (Å²) in [5.41, 5.74) is 5.40. The summed E-state index contributed by atoms with van der Waals surface area (Å²) in [6.07, 6.45) is 0. The summed E-state index contributed by atoms with van der Waals surface area (Å²) in [7, 11) is -0.860. The molecule has 0 radical (unpaired) electrons. The average Bonchev–Trinajstić information content (AvgIpc) is 2.27. The van der Waals surface area contributed by atoms with Crippen molar-refractivity contribution in [1.29, 1.82) is 0 Å². The molecule has 0 bridgehead atoms. The van der Waals surface area contributed by atoms with Crippen LogP contribution in [0.5, 0.6) is 11.5 Å². The van der Waals surface area contributed by atoms with E-state index in [1.54, 1.807) is 0 Å². The molecule has 0 fully saturated rings. The minimum absolute atomic E-state index is 0.133. The van der Waals surface area contributed by atoms with Crippen molar-refractivity contribution in [3.63, 3.8) is 0 Å². The second-order valence-corrected chi connectivity index (χ2v) is 6.17. The maximum atomic E-state index is 11.7. The molecule has 0 spiro atoms. The van der Waals surface area contributed by atoms with Gasteiger partial charge in [-0.25, -0.2) is 8.42 Å². The van der Waals surface area contributed by atoms with Crippen LogP contribution in [0.3, 0.4) is 0 Å². The van der Waals surface area contributed by atoms with Crippen LogP contribution in [0.1, 0.15) is 0 Å². The third-order valence-electron chi connectivity index (χ3n) is 2.07. The van der Waals surface area contributed by atoms with Gasteiger partial charge in [0.25, 0.3) is 0 Å². The lowest BCUT2D eigenvalue weighted by Crippen LogP contribution is -2.26. The van der Waals surface area contributed by atoms with Crippen molar-refractivity contribution in [3.8, 4) is 11.5 Å². The van der Waals surface area contributed by atoms with Gasteiger partial charge in [-0.15, -0.1) is 0 Å². The number of sulfonamides is 1. The normalized spacial score (nSPS) is 10.9. The first kappa shape index (κ1) is 15.8. The molecule has 106 valence electrons. The van der Waals surface area contributed by atoms with Crippen LogP contribution in [0.2, 0.25) is 5.02 Å². The highest BCUT2D eigenvalue weighted by Crippen LogP contribution is 2.36. The molecule has 0 aliphatic rings. The largest absolute Gasteiger partial charge is 0.495 e. The van der Waals surface area contributed by atoms with Gasteiger partial charge in [-0.3, -0.25) is 4.72 Å². The van der Waals surface area contributed by atoms with E-state index in [9.17, 15) is 8.42 Å². The number of benzene rings is 1. The Morgan fingerprint density at radius 3 is 2.42 bits per heavy atom. The SMILES string of the molecule is COc1cc(OC)c(NS(=O)(=O)CC(N)=S)cc1Cl. The van der Waals surface area contributed by atoms with Crippen LogP contribution in [-0.4, -0.2) is 33.4 Å². The molecule has 1 rings (SSSR count). The Balaban J connectivity index is 3.14. The Morgan fingerprint density at radius 2 is 1.95 bits per heavy atom. The summed E-state index contributed by atoms with van der Waals surface area (Å²) in [5.74, 6) is 0.179. The van der Waals surface area contributed by atoms with Gasteiger partial charge in [0, 0.05) is 6.07 Å². The van der Waals surface area contributed by atoms with Gasteiger partial charge in [-0.2, -0.15) is 0 Å². The number of halogens is 1. The summed E-state index contributed by atoms with van der Waals surface area (Å²) >= 11 is 10.5. The Kier molecular flexibility index (Phi) is 5.21. The van der Waals surface area contributed by atoms with Crippen LogP contribution in [-0.2, 0) is 10.0 Å². The van der Waals surface area contributed by atoms with Crippen molar-refractivity contribution in [2.75, 3.05) is 24.7 Å². The molecule has 3 N–H and O–H groups in total. The molecule has 1 aromatic carbocycles. The first-order chi connectivity index (χ1) is 8.79. The van der Waals surface area contributed by atoms with E-state index in [4.69, 9.17) is 26.8 Å². The molecule has 6 nitrogen and oxygen atoms in total. The van der Waals surface area contributed by atoms with Gasteiger partial charge in [0.2, 0.25) is 10.0 Å². The van der Waals surface area contributed by atoms with Gasteiger partial charge in [0.05, 0.1) is 29.9 Å². The Morgan fingerprint density at radius 1 is 1.37 bits per heavy atom. The van der Waals surface area contributed by atoms with E-state index >= 15 is 0 Å². The molecule has 0 saturated carbocycles. The molecule has 0 aromatic heterocycles. The summed E-state index contributed by atoms with van der Waals surface area (Å²) in [6.45, 7) is 0. The number of ether oxygens (including phenoxy) is 2. The van der Waals surface area contributed by atoms with Crippen LogP contribution < -0.4 is 19.9 Å². The Hall–Kier alpha value is -1.25. The number of nitrogens with two attached hydrogens (primary N) is 1. The summed E-state index contributed by atoms with van der Waals surface area (Å²) in [4.78, 5) is -0.133. The van der Waals surface area contributed by atoms with Gasteiger partial charge in [0.1, 0.15) is 17.3 Å². The monoisotopic (exact) mass is 324 g/mol. The molecule has 0 saturated heterocycles. The lowest BCUT2D eigenvalue weighted by Gasteiger charge is -2.13. The van der Waals surface area contributed by atoms with E-state index in [1.807, 2.05) is 0 Å². The predicted octanol–water partition coefficient (Wildman–Crippen LogP) is 1.39. The number of rotatable bonds is 6. The Bertz CT molecular complexity index is 589. The summed E-state index contributed by atoms with van der Waals surface area (Å²) in [6, 6.07) is 2.86. The quantitative estimate of drug-likeness (QED) is 0.768. The zero-order valence-corrected chi connectivity index (χ0v) is 12.7. The van der Waals surface area contributed by atoms with Crippen molar-refractivity contribution in [2.24, 2.45) is 5.73 Å². The molecule has 0 unspecified atom stereocenters. The molecular formula is C10H13ClN2O4S2. The van der Waals surface area contributed by atoms with Crippen LogP contribution in [0.4, 0.5) is 5.69 Å². The van der Waals surface area contributed by atoms with E-state index in [1.165, 1.54) is 26.4 Å². The molecule has 0 atom stereocenters. The third kappa shape index (κ3) is 4.41. The number of anilines is 1. The summed E-state index contributed by atoms with van der Waals surface area (Å²) in [5, 5.41) is 0.247. The lowest BCUT2D eigenvalue weighted by atomic mass is 10.3. The standard InChI is InChI=1S/C10H13ClN2O4S2/c1-16-8-4-9(17-2)7(3-6(8)11)13-19(14,15)5-10(12)18/h3-4,13H,5H2,1-2H3,(H2,12,18). The fourth-order valence-corrected chi connectivity index (χ4v) is 2.98. The van der Waals surface area contributed by atoms with Crippen molar-refractivity contribution in [3.05, 3.63) is 17.2 Å². The van der Waals surface area contributed by atoms with Gasteiger partial charge in [-0.05, 0) is 6.07 Å². The van der Waals surface area contributed by atoms with Gasteiger partial charge in [0.15, 0.2) is 0 Å². The van der Waals surface area contributed by atoms with Crippen molar-refractivity contribution < 1.29 is 17.9 Å². The first-order valence-electron chi connectivity index (χ1n) is 4.99. The van der Waals surface area contributed by atoms with Crippen LogP contribution in [0.25, 0.3) is 0 Å². The topological polar surface area (TPSA) is 90.6 Å². The molecule has 0 aliphatic heterocycles. The van der Waals surface area contributed by atoms with Crippen LogP contribution >= 0.6 is 23.8 Å². The maximum Gasteiger partial charge on any atom is 0.239 e. The van der Waals surface area contributed by atoms with E-state index in [0.717, 1.165) is 0 Å². The minimum atomic E-state index is -3.70. The highest BCUT2D eigenvalue weighted by molar-refractivity contribution is 7.95. The number of hydrogen-bond donors (Lipinski definition) is 2. The van der Waals surface area contributed by atoms with Crippen LogP contribution in [0, 0.1) is 0 Å². The zero-order chi connectivity index (χ0) is 14.6. The highest BCUT2D eigenvalue weighted by atomic mass is 35.5. The first-order valence-corrected chi connectivity index (χ1v) is 7.43. The molecule has 0 amide bonds. The maximum absolute atomic E-state index is 11.7. The molecule has 0 heterocycles. The van der Waals surface area contributed by atoms with Crippen molar-refractivity contribution in [1.82, 2.24) is 0 Å². The predicted molar refractivity (Wildman–Crippen MR) is 78.8 cm³/mol. The van der Waals surface area contributed by atoms with E-state index < -0.39 is 15.8 Å². The molecule has 19 heavy (non-hydrogen) atoms. The number of hydrogen-bond acceptors (Lipinski definition) is 5. The number of nitrogens with one attached hydrogen (secondary N) is 1. The second-order valence-electron chi connectivity index (χ2n) is 3.51. The molecule has 9 heteroatoms. The van der Waals surface area contributed by atoms with E-state index in [0.29, 0.717) is 5.75 Å². The van der Waals surface area contributed by atoms with Gasteiger partial charge < -0.3 is 15.2 Å². The number of methoxy groups -OCH3 is 2. The minimum Gasteiger partial charge on any atom is -0.495 e. The zero-order valence-electron chi connectivity index (χ0n) is 10.3. The van der Waals surface area contributed by atoms with Gasteiger partial charge in [-0.1, -0.05) is 23.8 Å². The van der Waals surface area contributed by atoms with Gasteiger partial charge >= 0.3 is 0 Å². The van der Waals surface area contributed by atoms with E-state index in [-0.39, 0.29) is 21.4 Å². The third-order valence-corrected chi connectivity index (χ3v) is 3.92. The van der Waals surface area contributed by atoms with E-state index in [2.05, 4.69) is 16.9 Å². The molecular weight excluding hydrogens is 312 g/mol. The summed E-state index contributed by atoms with van der Waals surface area (Å²) < 4.78 is 35.8. The molecule has 0 aliphatic carbocycles. The average molecular weight is 325 g/mol. The van der Waals surface area contributed by atoms with Crippen molar-refractivity contribution >= 4 is 44.5 Å². The lowest BCUT2D eigenvalue weighted by molar-refractivity contribution is 0.396. The fraction of sp³-hybridized carbons (Fsp3) is 0.300. The smallest absolute Gasteiger partial charge is 0.239 e. The second kappa shape index (κ2) is 6.27. The highest BCUT2D eigenvalue weighted by Gasteiger charge is 2.17. The molecule has 1 aromatic rings. The Labute approximate surface area is 121 Å².